The van der Waals surface area contributed by atoms with Crippen molar-refractivity contribution in [3.8, 4) is 0 Å². The van der Waals surface area contributed by atoms with E-state index >= 15 is 0 Å². The fourth-order valence-electron chi connectivity index (χ4n) is 0.883. The minimum absolute atomic E-state index is 0.396. The van der Waals surface area contributed by atoms with E-state index in [9.17, 15) is 13.2 Å². The largest absolute Gasteiger partial charge is 0.416 e. The fourth-order valence-corrected chi connectivity index (χ4v) is 0.883. The first-order valence-electron chi connectivity index (χ1n) is 4.29. The summed E-state index contributed by atoms with van der Waals surface area (Å²) in [6.07, 6.45) is -1.85. The van der Waals surface area contributed by atoms with Gasteiger partial charge in [-0.25, -0.2) is 0 Å². The standard InChI is InChI=1S/C10H9F3NO/c1-2-15-14-7-8-3-5-9(6-4-8)10(11,12)13/h3-6H,2H2,1H3. The predicted molar refractivity (Wildman–Crippen MR) is 49.6 cm³/mol. The van der Waals surface area contributed by atoms with Crippen LogP contribution in [0, 0.1) is 0 Å². The summed E-state index contributed by atoms with van der Waals surface area (Å²) in [6.45, 7) is 2.14. The molecule has 0 aromatic heterocycles. The quantitative estimate of drug-likeness (QED) is 0.562. The molecule has 1 radical (unpaired) electrons. The lowest BCUT2D eigenvalue weighted by Gasteiger charge is -2.05. The molecule has 5 heteroatoms. The molecule has 0 N–H and O–H groups in total. The minimum Gasteiger partial charge on any atom is -0.396 e. The third kappa shape index (κ3) is 3.61. The lowest BCUT2D eigenvalue weighted by Crippen LogP contribution is -2.04. The van der Waals surface area contributed by atoms with Crippen LogP contribution in [-0.2, 0) is 11.0 Å². The van der Waals surface area contributed by atoms with E-state index in [1.165, 1.54) is 12.1 Å². The highest BCUT2D eigenvalue weighted by Crippen LogP contribution is 2.28. The second-order valence-electron chi connectivity index (χ2n) is 2.70. The van der Waals surface area contributed by atoms with E-state index in [1.807, 2.05) is 0 Å². The van der Waals surface area contributed by atoms with Gasteiger partial charge < -0.3 is 4.84 Å². The summed E-state index contributed by atoms with van der Waals surface area (Å²) in [6, 6.07) is 4.52. The van der Waals surface area contributed by atoms with Gasteiger partial charge in [0.15, 0.2) is 0 Å². The first kappa shape index (κ1) is 11.6. The van der Waals surface area contributed by atoms with Gasteiger partial charge in [0.25, 0.3) is 0 Å². The highest BCUT2D eigenvalue weighted by atomic mass is 19.4. The lowest BCUT2D eigenvalue weighted by molar-refractivity contribution is -0.137. The van der Waals surface area contributed by atoms with Crippen molar-refractivity contribution in [3.05, 3.63) is 35.4 Å². The van der Waals surface area contributed by atoms with Crippen LogP contribution in [0.4, 0.5) is 13.2 Å². The third-order valence-corrected chi connectivity index (χ3v) is 1.58. The van der Waals surface area contributed by atoms with Crippen LogP contribution < -0.4 is 0 Å². The molecule has 0 saturated heterocycles. The van der Waals surface area contributed by atoms with Crippen molar-refractivity contribution in [2.75, 3.05) is 6.61 Å². The van der Waals surface area contributed by atoms with Gasteiger partial charge in [-0.3, -0.25) is 0 Å². The average Bonchev–Trinajstić information content (AvgIpc) is 2.18. The molecular weight excluding hydrogens is 207 g/mol. The molecular formula is C10H9F3NO. The molecule has 0 saturated carbocycles. The SMILES string of the molecule is CCON=[C]c1ccc(C(F)(F)F)cc1. The average molecular weight is 216 g/mol. The predicted octanol–water partition coefficient (Wildman–Crippen LogP) is 2.95. The molecule has 0 amide bonds. The van der Waals surface area contributed by atoms with Gasteiger partial charge in [-0.15, -0.1) is 0 Å². The zero-order chi connectivity index (χ0) is 11.3. The molecule has 0 fully saturated rings. The van der Waals surface area contributed by atoms with E-state index in [0.29, 0.717) is 12.2 Å². The van der Waals surface area contributed by atoms with E-state index in [4.69, 9.17) is 0 Å². The van der Waals surface area contributed by atoms with Crippen molar-refractivity contribution < 1.29 is 18.0 Å². The van der Waals surface area contributed by atoms with E-state index in [0.717, 1.165) is 12.1 Å². The molecule has 1 aromatic rings. The van der Waals surface area contributed by atoms with Gasteiger partial charge in [-0.05, 0) is 19.1 Å². The number of alkyl halides is 3. The highest BCUT2D eigenvalue weighted by Gasteiger charge is 2.29. The van der Waals surface area contributed by atoms with Gasteiger partial charge in [-0.1, -0.05) is 17.3 Å². The molecule has 1 aromatic carbocycles. The Balaban J connectivity index is 2.73. The van der Waals surface area contributed by atoms with Gasteiger partial charge in [0.1, 0.15) is 12.8 Å². The Kier molecular flexibility index (Phi) is 3.71. The minimum atomic E-state index is -4.31. The summed E-state index contributed by atoms with van der Waals surface area (Å²) in [5, 5.41) is 3.42. The van der Waals surface area contributed by atoms with Crippen molar-refractivity contribution in [2.45, 2.75) is 13.1 Å². The Labute approximate surface area is 85.4 Å². The summed E-state index contributed by atoms with van der Waals surface area (Å²) in [5.74, 6) is 0. The lowest BCUT2D eigenvalue weighted by atomic mass is 10.1. The van der Waals surface area contributed by atoms with Crippen molar-refractivity contribution >= 4 is 6.21 Å². The molecule has 15 heavy (non-hydrogen) atoms. The Morgan fingerprint density at radius 2 is 1.87 bits per heavy atom. The molecule has 0 aliphatic rings. The van der Waals surface area contributed by atoms with Crippen LogP contribution in [0.15, 0.2) is 29.4 Å². The second-order valence-corrected chi connectivity index (χ2v) is 2.70. The van der Waals surface area contributed by atoms with E-state index in [2.05, 4.69) is 16.2 Å². The smallest absolute Gasteiger partial charge is 0.396 e. The second kappa shape index (κ2) is 4.82. The number of hydrogen-bond donors (Lipinski definition) is 0. The van der Waals surface area contributed by atoms with Crippen LogP contribution in [0.1, 0.15) is 18.1 Å². The molecule has 0 heterocycles. The molecule has 0 spiro atoms. The highest BCUT2D eigenvalue weighted by molar-refractivity contribution is 5.79. The summed E-state index contributed by atoms with van der Waals surface area (Å²) < 4.78 is 36.5. The normalized spacial score (nSPS) is 12.0. The molecule has 1 rings (SSSR count). The van der Waals surface area contributed by atoms with Gasteiger partial charge in [0, 0.05) is 5.56 Å². The number of hydrogen-bond acceptors (Lipinski definition) is 2. The van der Waals surface area contributed by atoms with Crippen molar-refractivity contribution in [3.63, 3.8) is 0 Å². The number of nitrogens with zero attached hydrogens (tertiary/aromatic N) is 1. The number of halogens is 3. The summed E-state index contributed by atoms with van der Waals surface area (Å²) >= 11 is 0. The van der Waals surface area contributed by atoms with E-state index < -0.39 is 11.7 Å². The number of rotatable bonds is 3. The monoisotopic (exact) mass is 216 g/mol. The molecule has 0 aliphatic carbocycles. The number of benzene rings is 1. The van der Waals surface area contributed by atoms with Crippen molar-refractivity contribution in [2.24, 2.45) is 5.16 Å². The van der Waals surface area contributed by atoms with Gasteiger partial charge >= 0.3 is 6.18 Å². The first-order chi connectivity index (χ1) is 7.04. The fraction of sp³-hybridized carbons (Fsp3) is 0.300. The van der Waals surface area contributed by atoms with Gasteiger partial charge in [0.2, 0.25) is 0 Å². The Morgan fingerprint density at radius 1 is 1.27 bits per heavy atom. The topological polar surface area (TPSA) is 21.6 Å². The Bertz CT molecular complexity index is 330. The van der Waals surface area contributed by atoms with Gasteiger partial charge in [-0.2, -0.15) is 13.2 Å². The maximum atomic E-state index is 12.2. The van der Waals surface area contributed by atoms with Crippen LogP contribution in [0.3, 0.4) is 0 Å². The van der Waals surface area contributed by atoms with Crippen LogP contribution in [-0.4, -0.2) is 12.8 Å². The summed E-state index contributed by atoms with van der Waals surface area (Å²) in [7, 11) is 0. The first-order valence-corrected chi connectivity index (χ1v) is 4.29. The Hall–Kier alpha value is -1.52. The van der Waals surface area contributed by atoms with Crippen LogP contribution >= 0.6 is 0 Å². The zero-order valence-corrected chi connectivity index (χ0v) is 8.01. The summed E-state index contributed by atoms with van der Waals surface area (Å²) in [4.78, 5) is 4.63. The molecule has 0 unspecified atom stereocenters. The van der Waals surface area contributed by atoms with Crippen molar-refractivity contribution in [1.29, 1.82) is 0 Å². The maximum Gasteiger partial charge on any atom is 0.416 e. The van der Waals surface area contributed by atoms with Crippen LogP contribution in [0.5, 0.6) is 0 Å². The maximum absolute atomic E-state index is 12.2. The molecule has 0 atom stereocenters. The van der Waals surface area contributed by atoms with Crippen LogP contribution in [0.25, 0.3) is 0 Å². The Morgan fingerprint density at radius 3 is 2.33 bits per heavy atom. The van der Waals surface area contributed by atoms with Gasteiger partial charge in [0.05, 0.1) is 5.56 Å². The van der Waals surface area contributed by atoms with E-state index in [-0.39, 0.29) is 0 Å². The molecule has 0 aliphatic heterocycles. The van der Waals surface area contributed by atoms with E-state index in [1.54, 1.807) is 6.92 Å². The zero-order valence-electron chi connectivity index (χ0n) is 8.01. The molecule has 81 valence electrons. The molecule has 0 bridgehead atoms. The van der Waals surface area contributed by atoms with Crippen molar-refractivity contribution in [1.82, 2.24) is 0 Å². The van der Waals surface area contributed by atoms with Crippen LogP contribution in [0.2, 0.25) is 0 Å². The third-order valence-electron chi connectivity index (χ3n) is 1.58. The summed E-state index contributed by atoms with van der Waals surface area (Å²) in [5.41, 5.74) is -0.249. The molecule has 2 nitrogen and oxygen atoms in total.